The maximum atomic E-state index is 12.4. The zero-order valence-corrected chi connectivity index (χ0v) is 13.0. The van der Waals surface area contributed by atoms with Crippen LogP contribution in [0.5, 0.6) is 0 Å². The maximum Gasteiger partial charge on any atom is 0.274 e. The number of carbonyl (C=O) groups excluding carboxylic acids is 1. The lowest BCUT2D eigenvalue weighted by molar-refractivity contribution is 0.102. The summed E-state index contributed by atoms with van der Waals surface area (Å²) in [5, 5.41) is 2.92. The van der Waals surface area contributed by atoms with E-state index in [2.05, 4.69) is 20.2 Å². The Labute approximate surface area is 130 Å². The van der Waals surface area contributed by atoms with E-state index in [1.807, 2.05) is 32.0 Å². The van der Waals surface area contributed by atoms with Crippen molar-refractivity contribution in [3.63, 3.8) is 0 Å². The molecule has 1 N–H and O–H groups in total. The second-order valence-corrected chi connectivity index (χ2v) is 5.71. The second-order valence-electron chi connectivity index (χ2n) is 5.71. The van der Waals surface area contributed by atoms with Gasteiger partial charge >= 0.3 is 0 Å². The number of hydrogen-bond donors (Lipinski definition) is 1. The van der Waals surface area contributed by atoms with Gasteiger partial charge in [-0.2, -0.15) is 0 Å². The van der Waals surface area contributed by atoms with Gasteiger partial charge in [-0.15, -0.1) is 0 Å². The van der Waals surface area contributed by atoms with Gasteiger partial charge in [0.1, 0.15) is 5.69 Å². The van der Waals surface area contributed by atoms with Crippen LogP contribution in [0.4, 0.5) is 11.6 Å². The highest BCUT2D eigenvalue weighted by atomic mass is 16.1. The van der Waals surface area contributed by atoms with Gasteiger partial charge in [0.2, 0.25) is 5.95 Å². The minimum atomic E-state index is -0.199. The molecule has 1 aliphatic rings. The van der Waals surface area contributed by atoms with Crippen LogP contribution in [0.2, 0.25) is 0 Å². The predicted octanol–water partition coefficient (Wildman–Crippen LogP) is 2.95. The van der Waals surface area contributed by atoms with E-state index < -0.39 is 0 Å². The zero-order valence-electron chi connectivity index (χ0n) is 13.0. The molecule has 22 heavy (non-hydrogen) atoms. The molecule has 5 heteroatoms. The summed E-state index contributed by atoms with van der Waals surface area (Å²) in [5.74, 6) is 0.445. The third-order valence-corrected chi connectivity index (χ3v) is 3.89. The van der Waals surface area contributed by atoms with E-state index in [4.69, 9.17) is 0 Å². The van der Waals surface area contributed by atoms with Crippen LogP contribution in [0.1, 0.15) is 34.5 Å². The number of nitrogens with one attached hydrogen (secondary N) is 1. The van der Waals surface area contributed by atoms with Gasteiger partial charge < -0.3 is 10.2 Å². The molecule has 5 nitrogen and oxygen atoms in total. The zero-order chi connectivity index (χ0) is 15.5. The fraction of sp³-hybridized carbons (Fsp3) is 0.353. The van der Waals surface area contributed by atoms with Crippen LogP contribution >= 0.6 is 0 Å². The van der Waals surface area contributed by atoms with Gasteiger partial charge in [0.15, 0.2) is 0 Å². The van der Waals surface area contributed by atoms with Crippen molar-refractivity contribution in [3.05, 3.63) is 47.3 Å². The molecule has 0 atom stereocenters. The summed E-state index contributed by atoms with van der Waals surface area (Å²) < 4.78 is 0. The molecule has 0 aliphatic carbocycles. The van der Waals surface area contributed by atoms with Gasteiger partial charge in [-0.1, -0.05) is 17.7 Å². The van der Waals surface area contributed by atoms with Gasteiger partial charge in [0, 0.05) is 25.0 Å². The Morgan fingerprint density at radius 3 is 2.68 bits per heavy atom. The van der Waals surface area contributed by atoms with Gasteiger partial charge in [-0.25, -0.2) is 9.97 Å². The summed E-state index contributed by atoms with van der Waals surface area (Å²) in [6.07, 6.45) is 3.96. The van der Waals surface area contributed by atoms with Crippen molar-refractivity contribution in [2.24, 2.45) is 0 Å². The topological polar surface area (TPSA) is 58.1 Å². The highest BCUT2D eigenvalue weighted by molar-refractivity contribution is 6.03. The first-order valence-electron chi connectivity index (χ1n) is 7.60. The van der Waals surface area contributed by atoms with Crippen molar-refractivity contribution >= 4 is 17.5 Å². The molecule has 0 unspecified atom stereocenters. The second kappa shape index (κ2) is 6.13. The number of carbonyl (C=O) groups is 1. The first-order chi connectivity index (χ1) is 10.6. The molecule has 114 valence electrons. The lowest BCUT2D eigenvalue weighted by Gasteiger charge is -2.15. The van der Waals surface area contributed by atoms with Crippen molar-refractivity contribution in [1.82, 2.24) is 9.97 Å². The Morgan fingerprint density at radius 1 is 1.18 bits per heavy atom. The molecule has 2 heterocycles. The molecule has 1 saturated heterocycles. The molecule has 2 aromatic rings. The standard InChI is InChI=1S/C17H20N4O/c1-12-5-6-14(13(2)11-12)19-16(22)15-7-8-18-17(20-15)21-9-3-4-10-21/h5-8,11H,3-4,9-10H2,1-2H3,(H,19,22). The summed E-state index contributed by atoms with van der Waals surface area (Å²) in [5.41, 5.74) is 3.44. The van der Waals surface area contributed by atoms with E-state index in [1.54, 1.807) is 12.3 Å². The van der Waals surface area contributed by atoms with E-state index in [0.717, 1.165) is 37.2 Å². The summed E-state index contributed by atoms with van der Waals surface area (Å²) in [6.45, 7) is 5.94. The van der Waals surface area contributed by atoms with Gasteiger partial charge in [0.05, 0.1) is 0 Å². The monoisotopic (exact) mass is 296 g/mol. The lowest BCUT2D eigenvalue weighted by atomic mass is 10.1. The third-order valence-electron chi connectivity index (χ3n) is 3.89. The Hall–Kier alpha value is -2.43. The number of benzene rings is 1. The van der Waals surface area contributed by atoms with Gasteiger partial charge in [-0.05, 0) is 44.4 Å². The minimum Gasteiger partial charge on any atom is -0.341 e. The Kier molecular flexibility index (Phi) is 4.04. The highest BCUT2D eigenvalue weighted by Crippen LogP contribution is 2.18. The van der Waals surface area contributed by atoms with E-state index in [-0.39, 0.29) is 5.91 Å². The fourth-order valence-corrected chi connectivity index (χ4v) is 2.68. The Balaban J connectivity index is 1.78. The highest BCUT2D eigenvalue weighted by Gasteiger charge is 2.17. The molecule has 1 fully saturated rings. The lowest BCUT2D eigenvalue weighted by Crippen LogP contribution is -2.22. The van der Waals surface area contributed by atoms with Crippen LogP contribution < -0.4 is 10.2 Å². The van der Waals surface area contributed by atoms with Crippen LogP contribution in [0, 0.1) is 13.8 Å². The first-order valence-corrected chi connectivity index (χ1v) is 7.60. The minimum absolute atomic E-state index is 0.199. The number of rotatable bonds is 3. The number of aryl methyl sites for hydroxylation is 2. The molecule has 1 amide bonds. The number of hydrogen-bond acceptors (Lipinski definition) is 4. The average Bonchev–Trinajstić information content (AvgIpc) is 3.04. The van der Waals surface area contributed by atoms with E-state index in [1.165, 1.54) is 5.56 Å². The van der Waals surface area contributed by atoms with Crippen LogP contribution in [0.15, 0.2) is 30.5 Å². The molecule has 1 aliphatic heterocycles. The van der Waals surface area contributed by atoms with E-state index in [9.17, 15) is 4.79 Å². The molecule has 3 rings (SSSR count). The normalized spacial score (nSPS) is 14.2. The predicted molar refractivity (Wildman–Crippen MR) is 87.3 cm³/mol. The Bertz CT molecular complexity index is 693. The largest absolute Gasteiger partial charge is 0.341 e. The number of aromatic nitrogens is 2. The van der Waals surface area contributed by atoms with E-state index >= 15 is 0 Å². The van der Waals surface area contributed by atoms with E-state index in [0.29, 0.717) is 11.6 Å². The maximum absolute atomic E-state index is 12.4. The SMILES string of the molecule is Cc1ccc(NC(=O)c2ccnc(N3CCCC3)n2)c(C)c1. The van der Waals surface area contributed by atoms with Crippen LogP contribution in [0.25, 0.3) is 0 Å². The first kappa shape index (κ1) is 14.5. The smallest absolute Gasteiger partial charge is 0.274 e. The molecule has 1 aromatic carbocycles. The van der Waals surface area contributed by atoms with Crippen molar-refractivity contribution in [2.75, 3.05) is 23.3 Å². The van der Waals surface area contributed by atoms with Crippen LogP contribution in [-0.2, 0) is 0 Å². The van der Waals surface area contributed by atoms with Gasteiger partial charge in [-0.3, -0.25) is 4.79 Å². The molecular formula is C17H20N4O. The van der Waals surface area contributed by atoms with Crippen LogP contribution in [0.3, 0.4) is 0 Å². The number of anilines is 2. The Morgan fingerprint density at radius 2 is 1.95 bits per heavy atom. The fourth-order valence-electron chi connectivity index (χ4n) is 2.68. The summed E-state index contributed by atoms with van der Waals surface area (Å²) >= 11 is 0. The molecule has 0 saturated carbocycles. The third kappa shape index (κ3) is 3.08. The summed E-state index contributed by atoms with van der Waals surface area (Å²) in [4.78, 5) is 23.2. The molecule has 0 radical (unpaired) electrons. The van der Waals surface area contributed by atoms with Crippen molar-refractivity contribution in [1.29, 1.82) is 0 Å². The quantitative estimate of drug-likeness (QED) is 0.946. The van der Waals surface area contributed by atoms with Crippen molar-refractivity contribution in [3.8, 4) is 0 Å². The van der Waals surface area contributed by atoms with Gasteiger partial charge in [0.25, 0.3) is 5.91 Å². The molecular weight excluding hydrogens is 276 g/mol. The van der Waals surface area contributed by atoms with Crippen molar-refractivity contribution < 1.29 is 4.79 Å². The number of amides is 1. The molecule has 1 aromatic heterocycles. The molecule has 0 bridgehead atoms. The summed E-state index contributed by atoms with van der Waals surface area (Å²) in [6, 6.07) is 7.60. The molecule has 0 spiro atoms. The van der Waals surface area contributed by atoms with Crippen molar-refractivity contribution in [2.45, 2.75) is 26.7 Å². The average molecular weight is 296 g/mol. The van der Waals surface area contributed by atoms with Crippen LogP contribution in [-0.4, -0.2) is 29.0 Å². The number of nitrogens with zero attached hydrogens (tertiary/aromatic N) is 3. The summed E-state index contributed by atoms with van der Waals surface area (Å²) in [7, 11) is 0.